The van der Waals surface area contributed by atoms with Crippen molar-refractivity contribution in [3.05, 3.63) is 43.9 Å². The van der Waals surface area contributed by atoms with Crippen molar-refractivity contribution in [1.82, 2.24) is 40.0 Å². The first-order valence-corrected chi connectivity index (χ1v) is 18.8. The van der Waals surface area contributed by atoms with E-state index in [0.29, 0.717) is 57.1 Å². The van der Waals surface area contributed by atoms with Crippen LogP contribution < -0.4 is 16.0 Å². The molecule has 3 amide bonds. The van der Waals surface area contributed by atoms with E-state index in [2.05, 4.69) is 44.4 Å². The fourth-order valence-corrected chi connectivity index (χ4v) is 5.79. The molecule has 61 heavy (non-hydrogen) atoms. The predicted octanol–water partition coefficient (Wildman–Crippen LogP) is 1.77. The average Bonchev–Trinajstić information content (AvgIpc) is 3.81. The molecule has 0 fully saturated rings. The Morgan fingerprint density at radius 2 is 1.05 bits per heavy atom. The van der Waals surface area contributed by atoms with Crippen molar-refractivity contribution in [2.45, 2.75) is 128 Å². The van der Waals surface area contributed by atoms with Crippen molar-refractivity contribution in [3.63, 3.8) is 0 Å². The first-order valence-electron chi connectivity index (χ1n) is 18.8. The van der Waals surface area contributed by atoms with Crippen LogP contribution >= 0.6 is 0 Å². The summed E-state index contributed by atoms with van der Waals surface area (Å²) in [6, 6.07) is -3.81. The quantitative estimate of drug-likeness (QED) is 0.0394. The van der Waals surface area contributed by atoms with E-state index in [1.807, 2.05) is 0 Å². The molecular weight excluding hydrogens is 979 g/mol. The van der Waals surface area contributed by atoms with Gasteiger partial charge < -0.3 is 81.2 Å². The van der Waals surface area contributed by atoms with Crippen LogP contribution in [0.15, 0.2) is 24.8 Å². The Balaban J connectivity index is -0.00000543. The van der Waals surface area contributed by atoms with Crippen LogP contribution in [0.1, 0.15) is 102 Å². The van der Waals surface area contributed by atoms with Crippen molar-refractivity contribution in [1.29, 1.82) is 0 Å². The second-order valence-corrected chi connectivity index (χ2v) is 13.2. The van der Waals surface area contributed by atoms with Gasteiger partial charge in [-0.25, -0.2) is 24.4 Å². The Labute approximate surface area is 368 Å². The molecule has 0 aliphatic carbocycles. The predicted molar refractivity (Wildman–Crippen MR) is 211 cm³/mol. The largest absolute Gasteiger partial charge is 0.573 e. The molecule has 3 radical (unpaired) electrons. The minimum Gasteiger partial charge on any atom is -0.573 e. The van der Waals surface area contributed by atoms with Gasteiger partial charge in [-0.3, -0.25) is 24.1 Å². The fraction of sp³-hybridized carbons (Fsp3) is 0.579. The van der Waals surface area contributed by atoms with Gasteiger partial charge in [-0.05, 0) is 45.1 Å². The van der Waals surface area contributed by atoms with E-state index < -0.39 is 54.4 Å². The summed E-state index contributed by atoms with van der Waals surface area (Å²) in [5, 5.41) is 52.8. The van der Waals surface area contributed by atoms with Gasteiger partial charge in [-0.2, -0.15) is 0 Å². The summed E-state index contributed by atoms with van der Waals surface area (Å²) < 4.78 is 3.15. The molecule has 22 nitrogen and oxygen atoms in total. The maximum Gasteiger partial charge on any atom is 0.326 e. The second-order valence-electron chi connectivity index (χ2n) is 13.2. The third kappa shape index (κ3) is 28.6. The Bertz CT molecular complexity index is 1530. The van der Waals surface area contributed by atoms with Crippen LogP contribution in [0, 0.1) is 7.43 Å². The molecule has 0 saturated carbocycles. The first-order chi connectivity index (χ1) is 28.2. The Morgan fingerprint density at radius 1 is 0.607 bits per heavy atom. The summed E-state index contributed by atoms with van der Waals surface area (Å²) in [7, 11) is 0. The molecule has 2 aromatic rings. The maximum absolute atomic E-state index is 12.2. The standard InChI is InChI=1S/C35H54N8O12.2CO.CH3.Re/c44-29(38-15-9-8-11-25(33(51)52)39-35(55)40-26(34(53)54)13-14-30(45)46)12-7-5-3-1-2-4-6-10-18-41(21-27-36-16-19-42(27)23-31(47)48)22-28-37-17-20-43(28)24-32(49)50;2*1-2;;/h16-17,19-20,25-26H,1-15,18,21-24H2,(H,38,44)(H,45,46)(H,47,48)(H,49,50)(H,51,52)(H,53,54)(H2,39,40,55);;;1H3;/q;3*-1;/t25-,26-;;;;/m0..../s1. The van der Waals surface area contributed by atoms with Gasteiger partial charge in [0, 0.05) is 64.6 Å². The fourth-order valence-electron chi connectivity index (χ4n) is 5.79. The van der Waals surface area contributed by atoms with Crippen LogP contribution in [-0.4, -0.2) is 130 Å². The molecule has 2 atom stereocenters. The zero-order chi connectivity index (χ0) is 44.6. The number of aliphatic carboxylic acids is 5. The zero-order valence-electron chi connectivity index (χ0n) is 34.1. The van der Waals surface area contributed by atoms with E-state index in [1.54, 1.807) is 33.9 Å². The number of hydrogen-bond donors (Lipinski definition) is 8. The van der Waals surface area contributed by atoms with Gasteiger partial charge in [0.2, 0.25) is 5.91 Å². The number of hydrogen-bond acceptors (Lipinski definition) is 12. The Kier molecular flexibility index (Phi) is 35.6. The summed E-state index contributed by atoms with van der Waals surface area (Å²) in [5.74, 6) is -4.83. The Morgan fingerprint density at radius 3 is 1.49 bits per heavy atom. The number of aromatic nitrogens is 4. The number of unbranched alkanes of at least 4 members (excludes halogenated alkanes) is 8. The third-order valence-corrected chi connectivity index (χ3v) is 8.67. The minimum atomic E-state index is -1.48. The topological polar surface area (TPSA) is 330 Å². The molecular formula is C38H57N8O14Re-3. The summed E-state index contributed by atoms with van der Waals surface area (Å²) in [6.07, 6.45) is 14.3. The van der Waals surface area contributed by atoms with Crippen molar-refractivity contribution < 1.29 is 89.1 Å². The van der Waals surface area contributed by atoms with Gasteiger partial charge in [-0.1, -0.05) is 38.5 Å². The molecule has 0 bridgehead atoms. The van der Waals surface area contributed by atoms with E-state index in [4.69, 9.17) is 19.8 Å². The van der Waals surface area contributed by atoms with E-state index >= 15 is 0 Å². The van der Waals surface area contributed by atoms with E-state index in [1.165, 1.54) is 0 Å². The number of nitrogens with zero attached hydrogens (tertiary/aromatic N) is 5. The number of carbonyl (C=O) groups is 7. The number of nitrogens with one attached hydrogen (secondary N) is 3. The van der Waals surface area contributed by atoms with Crippen LogP contribution in [0.4, 0.5) is 4.79 Å². The van der Waals surface area contributed by atoms with Gasteiger partial charge in [0.15, 0.2) is 0 Å². The minimum absolute atomic E-state index is 0. The number of carboxylic acid groups (broad SMARTS) is 5. The number of urea groups is 1. The van der Waals surface area contributed by atoms with Gasteiger partial charge >= 0.3 is 35.9 Å². The monoisotopic (exact) mass is 1040 g/mol. The molecule has 2 heterocycles. The van der Waals surface area contributed by atoms with Crippen LogP contribution in [0.5, 0.6) is 0 Å². The number of carboxylic acids is 5. The number of amides is 3. The van der Waals surface area contributed by atoms with Crippen molar-refractivity contribution in [2.75, 3.05) is 13.1 Å². The maximum atomic E-state index is 12.2. The molecule has 23 heteroatoms. The molecule has 0 aliphatic heterocycles. The van der Waals surface area contributed by atoms with Crippen LogP contribution in [-0.2, 0) is 85.0 Å². The molecule has 8 N–H and O–H groups in total. The summed E-state index contributed by atoms with van der Waals surface area (Å²) in [4.78, 5) is 106. The molecule has 343 valence electrons. The van der Waals surface area contributed by atoms with Gasteiger partial charge in [0.1, 0.15) is 36.8 Å². The SMILES string of the molecule is O=C(O)CC[C@H](NC(=O)N[C@@H](CCCCNC(=O)CCCCCCCCCCN(Cc1nccn1CC(=O)O)Cc1nccn1CC(=O)O)C(=O)O)C(=O)O.[C-]=O.[C-]=O.[CH3-].[Re]. The Hall–Kier alpha value is -5.53. The normalized spacial score (nSPS) is 11.1. The van der Waals surface area contributed by atoms with Crippen LogP contribution in [0.2, 0.25) is 0 Å². The molecule has 0 spiro atoms. The summed E-state index contributed by atoms with van der Waals surface area (Å²) >= 11 is 0. The van der Waals surface area contributed by atoms with E-state index in [0.717, 1.165) is 51.4 Å². The third-order valence-electron chi connectivity index (χ3n) is 8.67. The molecule has 2 aromatic heterocycles. The van der Waals surface area contributed by atoms with Gasteiger partial charge in [0.25, 0.3) is 0 Å². The molecule has 0 saturated heterocycles. The number of imidazole rings is 2. The summed E-state index contributed by atoms with van der Waals surface area (Å²) in [5.41, 5.74) is 0. The van der Waals surface area contributed by atoms with E-state index in [9.17, 15) is 48.9 Å². The van der Waals surface area contributed by atoms with Crippen LogP contribution in [0.3, 0.4) is 0 Å². The van der Waals surface area contributed by atoms with E-state index in [-0.39, 0.29) is 59.7 Å². The number of carbonyl (C=O) groups excluding carboxylic acids is 4. The number of rotatable bonds is 31. The van der Waals surface area contributed by atoms with Crippen molar-refractivity contribution >= 4 is 55.4 Å². The van der Waals surface area contributed by atoms with Gasteiger partial charge in [-0.15, -0.1) is 0 Å². The average molecular weight is 1040 g/mol. The molecule has 0 aliphatic rings. The van der Waals surface area contributed by atoms with Crippen LogP contribution in [0.25, 0.3) is 0 Å². The smallest absolute Gasteiger partial charge is 0.326 e. The zero-order valence-corrected chi connectivity index (χ0v) is 36.8. The second kappa shape index (κ2) is 36.3. The summed E-state index contributed by atoms with van der Waals surface area (Å²) in [6.45, 7) is 10.4. The molecule has 2 rings (SSSR count). The molecule has 0 aromatic carbocycles. The van der Waals surface area contributed by atoms with Crippen molar-refractivity contribution in [3.8, 4) is 0 Å². The first kappa shape index (κ1) is 59.8. The van der Waals surface area contributed by atoms with Crippen molar-refractivity contribution in [2.24, 2.45) is 0 Å². The van der Waals surface area contributed by atoms with Gasteiger partial charge in [0.05, 0.1) is 13.1 Å². The molecule has 0 unspecified atom stereocenters.